The summed E-state index contributed by atoms with van der Waals surface area (Å²) in [5.41, 5.74) is 2.53. The molecule has 0 aliphatic carbocycles. The summed E-state index contributed by atoms with van der Waals surface area (Å²) in [5, 5.41) is 11.4. The van der Waals surface area contributed by atoms with Crippen molar-refractivity contribution < 1.29 is 4.79 Å². The van der Waals surface area contributed by atoms with Crippen molar-refractivity contribution in [2.75, 3.05) is 0 Å². The Morgan fingerprint density at radius 2 is 2.33 bits per heavy atom. The van der Waals surface area contributed by atoms with Gasteiger partial charge in [-0.2, -0.15) is 16.4 Å². The molecule has 0 radical (unpaired) electrons. The zero-order valence-corrected chi connectivity index (χ0v) is 11.6. The first kappa shape index (κ1) is 12.8. The van der Waals surface area contributed by atoms with Gasteiger partial charge in [-0.15, -0.1) is 0 Å². The maximum atomic E-state index is 12.0. The first-order valence-electron chi connectivity index (χ1n) is 6.03. The Hall–Kier alpha value is -1.62. The van der Waals surface area contributed by atoms with Crippen LogP contribution in [-0.2, 0) is 6.54 Å². The van der Waals surface area contributed by atoms with Crippen LogP contribution in [0.1, 0.15) is 31.3 Å². The fourth-order valence-corrected chi connectivity index (χ4v) is 2.38. The van der Waals surface area contributed by atoms with Gasteiger partial charge in [0.05, 0.1) is 5.69 Å². The van der Waals surface area contributed by atoms with Crippen molar-refractivity contribution in [2.45, 2.75) is 33.4 Å². The van der Waals surface area contributed by atoms with Crippen molar-refractivity contribution in [3.63, 3.8) is 0 Å². The highest BCUT2D eigenvalue weighted by molar-refractivity contribution is 7.08. The van der Waals surface area contributed by atoms with Crippen LogP contribution >= 0.6 is 11.3 Å². The highest BCUT2D eigenvalue weighted by Gasteiger charge is 2.16. The van der Waals surface area contributed by atoms with Gasteiger partial charge in [0.2, 0.25) is 0 Å². The van der Waals surface area contributed by atoms with Gasteiger partial charge in [-0.25, -0.2) is 0 Å². The molecular formula is C13H17N3OS. The lowest BCUT2D eigenvalue weighted by atomic mass is 10.2. The maximum absolute atomic E-state index is 12.0. The summed E-state index contributed by atoms with van der Waals surface area (Å²) in [6.45, 7) is 6.57. The molecule has 0 unspecified atom stereocenters. The standard InChI is InChI=1S/C13H17N3OS/c1-4-16-12(13(17)14-9(2)3)7-11(15-16)10-5-6-18-8-10/h5-9H,4H2,1-3H3,(H,14,17). The van der Waals surface area contributed by atoms with Gasteiger partial charge in [-0.1, -0.05) is 0 Å². The Bertz CT molecular complexity index is 528. The van der Waals surface area contributed by atoms with Crippen molar-refractivity contribution in [1.82, 2.24) is 15.1 Å². The smallest absolute Gasteiger partial charge is 0.269 e. The lowest BCUT2D eigenvalue weighted by Crippen LogP contribution is -2.31. The van der Waals surface area contributed by atoms with Crippen molar-refractivity contribution >= 4 is 17.2 Å². The Morgan fingerprint density at radius 3 is 2.89 bits per heavy atom. The van der Waals surface area contributed by atoms with Gasteiger partial charge in [-0.05, 0) is 38.3 Å². The molecule has 1 amide bonds. The minimum atomic E-state index is -0.0687. The summed E-state index contributed by atoms with van der Waals surface area (Å²) in [6, 6.07) is 3.99. The Balaban J connectivity index is 2.33. The van der Waals surface area contributed by atoms with Crippen LogP contribution in [0.3, 0.4) is 0 Å². The monoisotopic (exact) mass is 263 g/mol. The van der Waals surface area contributed by atoms with E-state index in [1.807, 2.05) is 43.7 Å². The van der Waals surface area contributed by atoms with Crippen molar-refractivity contribution in [2.24, 2.45) is 0 Å². The highest BCUT2D eigenvalue weighted by Crippen LogP contribution is 2.21. The van der Waals surface area contributed by atoms with E-state index in [4.69, 9.17) is 0 Å². The van der Waals surface area contributed by atoms with Crippen LogP contribution in [0.4, 0.5) is 0 Å². The van der Waals surface area contributed by atoms with Gasteiger partial charge in [0.15, 0.2) is 0 Å². The average molecular weight is 263 g/mol. The van der Waals surface area contributed by atoms with E-state index >= 15 is 0 Å². The SMILES string of the molecule is CCn1nc(-c2ccsc2)cc1C(=O)NC(C)C. The van der Waals surface area contributed by atoms with Crippen LogP contribution < -0.4 is 5.32 Å². The highest BCUT2D eigenvalue weighted by atomic mass is 32.1. The average Bonchev–Trinajstić information content (AvgIpc) is 2.96. The Kier molecular flexibility index (Phi) is 3.81. The molecule has 0 aliphatic rings. The summed E-state index contributed by atoms with van der Waals surface area (Å²) in [5.74, 6) is -0.0687. The minimum absolute atomic E-state index is 0.0687. The zero-order chi connectivity index (χ0) is 13.1. The molecule has 18 heavy (non-hydrogen) atoms. The molecular weight excluding hydrogens is 246 g/mol. The van der Waals surface area contributed by atoms with Crippen LogP contribution in [0.15, 0.2) is 22.9 Å². The Labute approximate surface area is 111 Å². The number of aryl methyl sites for hydroxylation is 1. The Morgan fingerprint density at radius 1 is 1.56 bits per heavy atom. The lowest BCUT2D eigenvalue weighted by molar-refractivity contribution is 0.0932. The summed E-state index contributed by atoms with van der Waals surface area (Å²) in [6.07, 6.45) is 0. The quantitative estimate of drug-likeness (QED) is 0.922. The van der Waals surface area contributed by atoms with Gasteiger partial charge in [0.25, 0.3) is 5.91 Å². The number of nitrogens with zero attached hydrogens (tertiary/aromatic N) is 2. The number of thiophene rings is 1. The van der Waals surface area contributed by atoms with E-state index < -0.39 is 0 Å². The molecule has 2 aromatic heterocycles. The third kappa shape index (κ3) is 2.61. The molecule has 0 fully saturated rings. The third-order valence-electron chi connectivity index (χ3n) is 2.55. The number of hydrogen-bond acceptors (Lipinski definition) is 3. The minimum Gasteiger partial charge on any atom is -0.349 e. The number of aromatic nitrogens is 2. The lowest BCUT2D eigenvalue weighted by Gasteiger charge is -2.08. The maximum Gasteiger partial charge on any atom is 0.269 e. The van der Waals surface area contributed by atoms with E-state index in [9.17, 15) is 4.79 Å². The summed E-state index contributed by atoms with van der Waals surface area (Å²) in [4.78, 5) is 12.0. The second kappa shape index (κ2) is 5.35. The van der Waals surface area contributed by atoms with E-state index in [2.05, 4.69) is 10.4 Å². The first-order valence-corrected chi connectivity index (χ1v) is 6.97. The number of carbonyl (C=O) groups excluding carboxylic acids is 1. The van der Waals surface area contributed by atoms with Gasteiger partial charge < -0.3 is 5.32 Å². The van der Waals surface area contributed by atoms with Crippen LogP contribution in [0.25, 0.3) is 11.3 Å². The topological polar surface area (TPSA) is 46.9 Å². The molecule has 0 spiro atoms. The van der Waals surface area contributed by atoms with Crippen molar-refractivity contribution in [3.8, 4) is 11.3 Å². The molecule has 5 heteroatoms. The molecule has 0 bridgehead atoms. The second-order valence-corrected chi connectivity index (χ2v) is 5.15. The number of hydrogen-bond donors (Lipinski definition) is 1. The van der Waals surface area contributed by atoms with E-state index in [0.29, 0.717) is 12.2 Å². The normalized spacial score (nSPS) is 10.9. The van der Waals surface area contributed by atoms with E-state index in [1.54, 1.807) is 16.0 Å². The van der Waals surface area contributed by atoms with E-state index in [-0.39, 0.29) is 11.9 Å². The summed E-state index contributed by atoms with van der Waals surface area (Å²) >= 11 is 1.63. The first-order chi connectivity index (χ1) is 8.61. The fraction of sp³-hybridized carbons (Fsp3) is 0.385. The van der Waals surface area contributed by atoms with Crippen molar-refractivity contribution in [1.29, 1.82) is 0 Å². The molecule has 0 saturated heterocycles. The molecule has 0 atom stereocenters. The predicted molar refractivity (Wildman–Crippen MR) is 73.8 cm³/mol. The largest absolute Gasteiger partial charge is 0.349 e. The van der Waals surface area contributed by atoms with Crippen LogP contribution in [-0.4, -0.2) is 21.7 Å². The molecule has 2 aromatic rings. The summed E-state index contributed by atoms with van der Waals surface area (Å²) in [7, 11) is 0. The summed E-state index contributed by atoms with van der Waals surface area (Å²) < 4.78 is 1.74. The molecule has 2 heterocycles. The predicted octanol–water partition coefficient (Wildman–Crippen LogP) is 2.77. The molecule has 0 saturated carbocycles. The van der Waals surface area contributed by atoms with Crippen LogP contribution in [0.2, 0.25) is 0 Å². The van der Waals surface area contributed by atoms with Gasteiger partial charge in [-0.3, -0.25) is 9.48 Å². The van der Waals surface area contributed by atoms with Crippen LogP contribution in [0.5, 0.6) is 0 Å². The molecule has 4 nitrogen and oxygen atoms in total. The fourth-order valence-electron chi connectivity index (χ4n) is 1.73. The van der Waals surface area contributed by atoms with E-state index in [1.165, 1.54) is 0 Å². The molecule has 1 N–H and O–H groups in total. The molecule has 2 rings (SSSR count). The number of nitrogens with one attached hydrogen (secondary N) is 1. The number of carbonyl (C=O) groups is 1. The van der Waals surface area contributed by atoms with Gasteiger partial charge in [0, 0.05) is 23.5 Å². The van der Waals surface area contributed by atoms with Gasteiger partial charge in [0.1, 0.15) is 5.69 Å². The molecule has 96 valence electrons. The van der Waals surface area contributed by atoms with Gasteiger partial charge >= 0.3 is 0 Å². The zero-order valence-electron chi connectivity index (χ0n) is 10.8. The molecule has 0 aliphatic heterocycles. The number of amides is 1. The number of rotatable bonds is 4. The van der Waals surface area contributed by atoms with Crippen molar-refractivity contribution in [3.05, 3.63) is 28.6 Å². The van der Waals surface area contributed by atoms with E-state index in [0.717, 1.165) is 11.3 Å². The third-order valence-corrected chi connectivity index (χ3v) is 3.23. The second-order valence-electron chi connectivity index (χ2n) is 4.37. The molecule has 0 aromatic carbocycles. The van der Waals surface area contributed by atoms with Crippen LogP contribution in [0, 0.1) is 0 Å².